The number of nitrogens with zero attached hydrogens (tertiary/aromatic N) is 4. The van der Waals surface area contributed by atoms with Gasteiger partial charge in [-0.15, -0.1) is 10.2 Å². The summed E-state index contributed by atoms with van der Waals surface area (Å²) in [5, 5.41) is 11.2. The molecule has 2 aromatic heterocycles. The van der Waals surface area contributed by atoms with Gasteiger partial charge in [-0.3, -0.25) is 4.40 Å². The fourth-order valence-electron chi connectivity index (χ4n) is 2.03. The molecule has 0 aliphatic rings. The van der Waals surface area contributed by atoms with Crippen LogP contribution in [0.4, 0.5) is 5.82 Å². The molecule has 0 unspecified atom stereocenters. The van der Waals surface area contributed by atoms with E-state index in [0.717, 1.165) is 30.9 Å². The number of nitrogens with one attached hydrogen (secondary N) is 1. The predicted octanol–water partition coefficient (Wildman–Crippen LogP) is 2.17. The minimum Gasteiger partial charge on any atom is -0.367 e. The van der Waals surface area contributed by atoms with Crippen molar-refractivity contribution >= 4 is 11.5 Å². The van der Waals surface area contributed by atoms with E-state index < -0.39 is 0 Å². The molecule has 0 amide bonds. The van der Waals surface area contributed by atoms with Crippen molar-refractivity contribution in [3.05, 3.63) is 54.6 Å². The van der Waals surface area contributed by atoms with Gasteiger partial charge in [0.25, 0.3) is 0 Å². The van der Waals surface area contributed by atoms with Gasteiger partial charge < -0.3 is 5.32 Å². The van der Waals surface area contributed by atoms with Gasteiger partial charge in [0.15, 0.2) is 5.82 Å². The Balaban J connectivity index is 1.57. The number of rotatable bonds is 5. The Morgan fingerprint density at radius 1 is 1.16 bits per heavy atom. The summed E-state index contributed by atoms with van der Waals surface area (Å²) in [7, 11) is 0. The van der Waals surface area contributed by atoms with Crippen LogP contribution in [0.25, 0.3) is 5.65 Å². The highest BCUT2D eigenvalue weighted by atomic mass is 15.2. The standard InChI is InChI=1S/C14H15N5/c1-2-5-12(6-3-1)7-4-8-15-13-14-18-17-11-19(14)10-9-16-13/h1-3,5-6,9-11H,4,7-8H2,(H,15,16). The molecule has 5 heteroatoms. The Hall–Kier alpha value is -2.43. The van der Waals surface area contributed by atoms with Crippen molar-refractivity contribution in [2.45, 2.75) is 12.8 Å². The largest absolute Gasteiger partial charge is 0.367 e. The second-order valence-electron chi connectivity index (χ2n) is 4.35. The third kappa shape index (κ3) is 2.70. The van der Waals surface area contributed by atoms with Gasteiger partial charge in [-0.05, 0) is 18.4 Å². The smallest absolute Gasteiger partial charge is 0.203 e. The van der Waals surface area contributed by atoms with Gasteiger partial charge in [0.1, 0.15) is 6.33 Å². The molecule has 0 fully saturated rings. The van der Waals surface area contributed by atoms with Gasteiger partial charge in [0.2, 0.25) is 5.65 Å². The number of fused-ring (bicyclic) bond motifs is 1. The number of anilines is 1. The zero-order valence-electron chi connectivity index (χ0n) is 10.5. The third-order valence-corrected chi connectivity index (χ3v) is 2.99. The molecule has 1 N–H and O–H groups in total. The van der Waals surface area contributed by atoms with Gasteiger partial charge in [-0.25, -0.2) is 4.98 Å². The molecule has 0 bridgehead atoms. The molecule has 5 nitrogen and oxygen atoms in total. The lowest BCUT2D eigenvalue weighted by Gasteiger charge is -2.06. The lowest BCUT2D eigenvalue weighted by atomic mass is 10.1. The van der Waals surface area contributed by atoms with E-state index >= 15 is 0 Å². The first-order valence-corrected chi connectivity index (χ1v) is 6.35. The van der Waals surface area contributed by atoms with Crippen LogP contribution in [0, 0.1) is 0 Å². The van der Waals surface area contributed by atoms with E-state index in [-0.39, 0.29) is 0 Å². The van der Waals surface area contributed by atoms with Crippen molar-refractivity contribution in [2.24, 2.45) is 0 Å². The quantitative estimate of drug-likeness (QED) is 0.708. The van der Waals surface area contributed by atoms with E-state index in [0.29, 0.717) is 0 Å². The second-order valence-corrected chi connectivity index (χ2v) is 4.35. The van der Waals surface area contributed by atoms with Gasteiger partial charge in [0.05, 0.1) is 0 Å². The summed E-state index contributed by atoms with van der Waals surface area (Å²) in [6, 6.07) is 10.5. The number of aromatic nitrogens is 4. The summed E-state index contributed by atoms with van der Waals surface area (Å²) >= 11 is 0. The molecule has 2 heterocycles. The molecule has 3 rings (SSSR count). The molecule has 0 saturated carbocycles. The molecule has 0 radical (unpaired) electrons. The van der Waals surface area contributed by atoms with Crippen LogP contribution >= 0.6 is 0 Å². The normalized spacial score (nSPS) is 10.7. The fourth-order valence-corrected chi connectivity index (χ4v) is 2.03. The first-order chi connectivity index (χ1) is 9.43. The zero-order chi connectivity index (χ0) is 12.9. The highest BCUT2D eigenvalue weighted by Gasteiger charge is 2.03. The minimum absolute atomic E-state index is 0.766. The summed E-state index contributed by atoms with van der Waals surface area (Å²) in [5.41, 5.74) is 2.13. The topological polar surface area (TPSA) is 55.1 Å². The van der Waals surface area contributed by atoms with E-state index in [9.17, 15) is 0 Å². The van der Waals surface area contributed by atoms with Crippen LogP contribution in [0.2, 0.25) is 0 Å². The number of aryl methyl sites for hydroxylation is 1. The van der Waals surface area contributed by atoms with Gasteiger partial charge in [-0.2, -0.15) is 0 Å². The molecule has 1 aromatic carbocycles. The van der Waals surface area contributed by atoms with Gasteiger partial charge in [-0.1, -0.05) is 30.3 Å². The van der Waals surface area contributed by atoms with E-state index in [4.69, 9.17) is 0 Å². The van der Waals surface area contributed by atoms with E-state index in [1.165, 1.54) is 5.56 Å². The van der Waals surface area contributed by atoms with Crippen molar-refractivity contribution in [2.75, 3.05) is 11.9 Å². The Morgan fingerprint density at radius 2 is 2.05 bits per heavy atom. The maximum atomic E-state index is 4.29. The molecule has 0 aliphatic carbocycles. The van der Waals surface area contributed by atoms with Crippen LogP contribution < -0.4 is 5.32 Å². The molecule has 0 spiro atoms. The molecule has 19 heavy (non-hydrogen) atoms. The first-order valence-electron chi connectivity index (χ1n) is 6.35. The van der Waals surface area contributed by atoms with Crippen LogP contribution in [-0.4, -0.2) is 26.1 Å². The Morgan fingerprint density at radius 3 is 2.95 bits per heavy atom. The second kappa shape index (κ2) is 5.48. The van der Waals surface area contributed by atoms with Crippen molar-refractivity contribution in [3.8, 4) is 0 Å². The van der Waals surface area contributed by atoms with E-state index in [2.05, 4.69) is 44.8 Å². The summed E-state index contributed by atoms with van der Waals surface area (Å²) in [6.07, 6.45) is 7.37. The van der Waals surface area contributed by atoms with E-state index in [1.54, 1.807) is 12.5 Å². The Bertz CT molecular complexity index is 647. The minimum atomic E-state index is 0.766. The van der Waals surface area contributed by atoms with Crippen LogP contribution in [-0.2, 0) is 6.42 Å². The highest BCUT2D eigenvalue weighted by Crippen LogP contribution is 2.10. The number of hydrogen-bond donors (Lipinski definition) is 1. The molecule has 0 atom stereocenters. The fraction of sp³-hybridized carbons (Fsp3) is 0.214. The first kappa shape index (κ1) is 11.6. The summed E-state index contributed by atoms with van der Waals surface area (Å²) < 4.78 is 1.85. The average molecular weight is 253 g/mol. The van der Waals surface area contributed by atoms with Crippen molar-refractivity contribution < 1.29 is 0 Å². The average Bonchev–Trinajstić information content (AvgIpc) is 2.94. The maximum Gasteiger partial charge on any atom is 0.203 e. The van der Waals surface area contributed by atoms with Gasteiger partial charge >= 0.3 is 0 Å². The predicted molar refractivity (Wildman–Crippen MR) is 74.0 cm³/mol. The van der Waals surface area contributed by atoms with Crippen LogP contribution in [0.15, 0.2) is 49.1 Å². The molecule has 96 valence electrons. The van der Waals surface area contributed by atoms with Crippen molar-refractivity contribution in [1.82, 2.24) is 19.6 Å². The lowest BCUT2D eigenvalue weighted by Crippen LogP contribution is -2.06. The van der Waals surface area contributed by atoms with Crippen LogP contribution in [0.3, 0.4) is 0 Å². The van der Waals surface area contributed by atoms with Crippen LogP contribution in [0.5, 0.6) is 0 Å². The number of benzene rings is 1. The Labute approximate surface area is 111 Å². The van der Waals surface area contributed by atoms with Crippen molar-refractivity contribution in [3.63, 3.8) is 0 Å². The molecule has 0 aliphatic heterocycles. The maximum absolute atomic E-state index is 4.29. The van der Waals surface area contributed by atoms with Crippen LogP contribution in [0.1, 0.15) is 12.0 Å². The Kier molecular flexibility index (Phi) is 3.36. The van der Waals surface area contributed by atoms with E-state index in [1.807, 2.05) is 16.7 Å². The SMILES string of the molecule is c1ccc(CCCNc2nccn3cnnc23)cc1. The summed E-state index contributed by atoms with van der Waals surface area (Å²) in [6.45, 7) is 0.869. The summed E-state index contributed by atoms with van der Waals surface area (Å²) in [5.74, 6) is 0.785. The zero-order valence-corrected chi connectivity index (χ0v) is 10.5. The number of hydrogen-bond acceptors (Lipinski definition) is 4. The highest BCUT2D eigenvalue weighted by molar-refractivity contribution is 5.61. The monoisotopic (exact) mass is 253 g/mol. The molecular weight excluding hydrogens is 238 g/mol. The molecular formula is C14H15N5. The van der Waals surface area contributed by atoms with Gasteiger partial charge in [0, 0.05) is 18.9 Å². The third-order valence-electron chi connectivity index (χ3n) is 2.99. The summed E-state index contributed by atoms with van der Waals surface area (Å²) in [4.78, 5) is 4.29. The molecule has 0 saturated heterocycles. The molecule has 3 aromatic rings. The van der Waals surface area contributed by atoms with Crippen molar-refractivity contribution in [1.29, 1.82) is 0 Å². The lowest BCUT2D eigenvalue weighted by molar-refractivity contribution is 0.858.